The molecule has 0 aliphatic heterocycles. The average Bonchev–Trinajstić information content (AvgIpc) is 1.41. The number of hydrogen-bond donors (Lipinski definition) is 0. The van der Waals surface area contributed by atoms with Crippen molar-refractivity contribution in [3.05, 3.63) is 18.6 Å². The molecule has 0 spiro atoms. The standard InChI is InChI=1S/C5H9/c1-3-5-4-2/h3-5H,1-2H3. The van der Waals surface area contributed by atoms with Crippen LogP contribution >= 0.6 is 0 Å². The summed E-state index contributed by atoms with van der Waals surface area (Å²) in [6.07, 6.45) is 6.00. The number of hydrogen-bond acceptors (Lipinski definition) is 0. The van der Waals surface area contributed by atoms with Crippen LogP contribution in [-0.2, 0) is 0 Å². The zero-order valence-corrected chi connectivity index (χ0v) is 3.73. The summed E-state index contributed by atoms with van der Waals surface area (Å²) < 4.78 is 0. The van der Waals surface area contributed by atoms with Gasteiger partial charge in [0.15, 0.2) is 0 Å². The van der Waals surface area contributed by atoms with Crippen LogP contribution < -0.4 is 0 Å². The Morgan fingerprint density at radius 3 is 1.80 bits per heavy atom. The molecule has 0 rings (SSSR count). The SMILES string of the molecule is C[CH]C=CC. The number of allylic oxidation sites excluding steroid dienone is 2. The molecule has 5 heavy (non-hydrogen) atoms. The van der Waals surface area contributed by atoms with E-state index in [1.54, 1.807) is 0 Å². The quantitative estimate of drug-likeness (QED) is 0.440. The van der Waals surface area contributed by atoms with E-state index in [-0.39, 0.29) is 0 Å². The fourth-order valence-corrected chi connectivity index (χ4v) is 0.192. The van der Waals surface area contributed by atoms with Crippen LogP contribution in [-0.4, -0.2) is 0 Å². The first-order chi connectivity index (χ1) is 2.41. The molecule has 0 aromatic rings. The van der Waals surface area contributed by atoms with Crippen LogP contribution in [0.2, 0.25) is 0 Å². The molecule has 0 fully saturated rings. The Balaban J connectivity index is 2.62. The van der Waals surface area contributed by atoms with Gasteiger partial charge in [-0.25, -0.2) is 0 Å². The van der Waals surface area contributed by atoms with E-state index >= 15 is 0 Å². The summed E-state index contributed by atoms with van der Waals surface area (Å²) >= 11 is 0. The molecule has 0 nitrogen and oxygen atoms in total. The molecular weight excluding hydrogens is 60.1 g/mol. The first kappa shape index (κ1) is 4.74. The Labute approximate surface area is 33.5 Å². The van der Waals surface area contributed by atoms with Gasteiger partial charge in [0, 0.05) is 0 Å². The molecule has 0 unspecified atom stereocenters. The van der Waals surface area contributed by atoms with Crippen LogP contribution in [0.25, 0.3) is 0 Å². The van der Waals surface area contributed by atoms with Crippen molar-refractivity contribution in [1.29, 1.82) is 0 Å². The van der Waals surface area contributed by atoms with Gasteiger partial charge in [-0.05, 0) is 13.3 Å². The molecule has 0 aliphatic rings. The van der Waals surface area contributed by atoms with Gasteiger partial charge in [0.05, 0.1) is 0 Å². The predicted molar refractivity (Wildman–Crippen MR) is 24.8 cm³/mol. The fourth-order valence-electron chi connectivity index (χ4n) is 0.192. The average molecular weight is 69.1 g/mol. The van der Waals surface area contributed by atoms with E-state index in [2.05, 4.69) is 0 Å². The Hall–Kier alpha value is -0.260. The summed E-state index contributed by atoms with van der Waals surface area (Å²) in [6, 6.07) is 0. The van der Waals surface area contributed by atoms with Crippen LogP contribution in [0.5, 0.6) is 0 Å². The molecule has 0 aromatic heterocycles. The molecule has 0 bridgehead atoms. The minimum Gasteiger partial charge on any atom is -0.0914 e. The van der Waals surface area contributed by atoms with Gasteiger partial charge in [-0.3, -0.25) is 0 Å². The van der Waals surface area contributed by atoms with Crippen molar-refractivity contribution < 1.29 is 0 Å². The van der Waals surface area contributed by atoms with Crippen molar-refractivity contribution in [2.45, 2.75) is 13.8 Å². The lowest BCUT2D eigenvalue weighted by Crippen LogP contribution is -1.45. The summed E-state index contributed by atoms with van der Waals surface area (Å²) in [7, 11) is 0. The lowest BCUT2D eigenvalue weighted by molar-refractivity contribution is 1.53. The van der Waals surface area contributed by atoms with Crippen LogP contribution in [0.4, 0.5) is 0 Å². The molecule has 0 aliphatic carbocycles. The first-order valence-electron chi connectivity index (χ1n) is 1.82. The third-order valence-corrected chi connectivity index (χ3v) is 0.385. The largest absolute Gasteiger partial charge is 0.0914 e. The van der Waals surface area contributed by atoms with Gasteiger partial charge >= 0.3 is 0 Å². The normalized spacial score (nSPS) is 10.0. The topological polar surface area (TPSA) is 0 Å². The maximum Gasteiger partial charge on any atom is -0.0202 e. The molecule has 0 heteroatoms. The van der Waals surface area contributed by atoms with Crippen molar-refractivity contribution in [2.24, 2.45) is 0 Å². The second-order valence-corrected chi connectivity index (χ2v) is 0.859. The van der Waals surface area contributed by atoms with E-state index < -0.39 is 0 Å². The monoisotopic (exact) mass is 69.1 g/mol. The molecule has 1 radical (unpaired) electrons. The van der Waals surface area contributed by atoms with Gasteiger partial charge in [0.1, 0.15) is 0 Å². The Bertz CT molecular complexity index is 27.0. The Kier molecular flexibility index (Phi) is 3.55. The first-order valence-corrected chi connectivity index (χ1v) is 1.82. The summed E-state index contributed by atoms with van der Waals surface area (Å²) in [5.41, 5.74) is 0. The molecule has 29 valence electrons. The third-order valence-electron chi connectivity index (χ3n) is 0.385. The van der Waals surface area contributed by atoms with Crippen molar-refractivity contribution in [3.8, 4) is 0 Å². The van der Waals surface area contributed by atoms with Crippen molar-refractivity contribution >= 4 is 0 Å². The van der Waals surface area contributed by atoms with Gasteiger partial charge in [0.2, 0.25) is 0 Å². The summed E-state index contributed by atoms with van der Waals surface area (Å²) in [5.74, 6) is 0. The zero-order chi connectivity index (χ0) is 4.12. The van der Waals surface area contributed by atoms with Gasteiger partial charge in [0.25, 0.3) is 0 Å². The van der Waals surface area contributed by atoms with Crippen molar-refractivity contribution in [2.75, 3.05) is 0 Å². The highest BCUT2D eigenvalue weighted by Gasteiger charge is 1.53. The van der Waals surface area contributed by atoms with E-state index in [1.165, 1.54) is 0 Å². The molecule has 0 heterocycles. The second-order valence-electron chi connectivity index (χ2n) is 0.859. The maximum absolute atomic E-state index is 2.00. The molecule has 0 atom stereocenters. The summed E-state index contributed by atoms with van der Waals surface area (Å²) in [4.78, 5) is 0. The highest BCUT2D eigenvalue weighted by atomic mass is 13.6. The lowest BCUT2D eigenvalue weighted by Gasteiger charge is -1.64. The molecule has 0 saturated carbocycles. The van der Waals surface area contributed by atoms with Crippen LogP contribution in [0.15, 0.2) is 12.2 Å². The minimum atomic E-state index is 2.00. The molecular formula is C5H9. The van der Waals surface area contributed by atoms with Crippen LogP contribution in [0, 0.1) is 6.42 Å². The molecule has 0 saturated heterocycles. The highest BCUT2D eigenvalue weighted by molar-refractivity contribution is 4.87. The fraction of sp³-hybridized carbons (Fsp3) is 0.400. The lowest BCUT2D eigenvalue weighted by atomic mass is 10.4. The van der Waals surface area contributed by atoms with Crippen molar-refractivity contribution in [3.63, 3.8) is 0 Å². The van der Waals surface area contributed by atoms with Gasteiger partial charge < -0.3 is 0 Å². The van der Waals surface area contributed by atoms with Gasteiger partial charge in [-0.2, -0.15) is 0 Å². The van der Waals surface area contributed by atoms with E-state index in [9.17, 15) is 0 Å². The van der Waals surface area contributed by atoms with E-state index in [0.717, 1.165) is 0 Å². The van der Waals surface area contributed by atoms with Crippen molar-refractivity contribution in [1.82, 2.24) is 0 Å². The van der Waals surface area contributed by atoms with E-state index in [4.69, 9.17) is 0 Å². The minimum absolute atomic E-state index is 2.00. The smallest absolute Gasteiger partial charge is 0.0202 e. The third kappa shape index (κ3) is 3.74. The second kappa shape index (κ2) is 3.74. The van der Waals surface area contributed by atoms with E-state index in [1.807, 2.05) is 32.4 Å². The summed E-state index contributed by atoms with van der Waals surface area (Å²) in [6.45, 7) is 4.00. The van der Waals surface area contributed by atoms with Crippen LogP contribution in [0.1, 0.15) is 13.8 Å². The number of rotatable bonds is 1. The summed E-state index contributed by atoms with van der Waals surface area (Å²) in [5, 5.41) is 0. The molecule has 0 amide bonds. The maximum atomic E-state index is 2.00. The zero-order valence-electron chi connectivity index (χ0n) is 3.73. The Morgan fingerprint density at radius 2 is 1.80 bits per heavy atom. The van der Waals surface area contributed by atoms with Gasteiger partial charge in [-0.15, -0.1) is 0 Å². The highest BCUT2D eigenvalue weighted by Crippen LogP contribution is 1.71. The molecule has 0 N–H and O–H groups in total. The predicted octanol–water partition coefficient (Wildman–Crippen LogP) is 1.79. The Morgan fingerprint density at radius 1 is 1.20 bits per heavy atom. The van der Waals surface area contributed by atoms with E-state index in [0.29, 0.717) is 0 Å². The van der Waals surface area contributed by atoms with Gasteiger partial charge in [-0.1, -0.05) is 19.1 Å². The molecule has 0 aromatic carbocycles. The van der Waals surface area contributed by atoms with Crippen LogP contribution in [0.3, 0.4) is 0 Å².